The standard InChI is InChI=1S/C16H19ClN2O3S/c1-4-8-22-14-9-11(2)13(17)10-15(14)23(20,21)19-16-7-5-6-12(3)18-16/h5-7,9-10H,4,8H2,1-3H3,(H,18,19). The molecule has 0 amide bonds. The molecule has 1 heterocycles. The average molecular weight is 355 g/mol. The van der Waals surface area contributed by atoms with Crippen molar-refractivity contribution in [1.82, 2.24) is 4.98 Å². The molecule has 2 rings (SSSR count). The van der Waals surface area contributed by atoms with Crippen molar-refractivity contribution >= 4 is 27.4 Å². The van der Waals surface area contributed by atoms with Gasteiger partial charge in [-0.3, -0.25) is 4.72 Å². The number of rotatable bonds is 6. The van der Waals surface area contributed by atoms with Gasteiger partial charge in [0.2, 0.25) is 0 Å². The SMILES string of the molecule is CCCOc1cc(C)c(Cl)cc1S(=O)(=O)Nc1cccc(C)n1. The van der Waals surface area contributed by atoms with Crippen LogP contribution in [0.1, 0.15) is 24.6 Å². The normalized spacial score (nSPS) is 11.3. The Bertz CT molecular complexity index is 807. The Morgan fingerprint density at radius 3 is 2.65 bits per heavy atom. The van der Waals surface area contributed by atoms with E-state index in [1.807, 2.05) is 6.92 Å². The molecule has 2 aromatic rings. The topological polar surface area (TPSA) is 68.3 Å². The van der Waals surface area contributed by atoms with Crippen LogP contribution in [0.4, 0.5) is 5.82 Å². The number of pyridine rings is 1. The van der Waals surface area contributed by atoms with E-state index in [9.17, 15) is 8.42 Å². The lowest BCUT2D eigenvalue weighted by molar-refractivity contribution is 0.309. The first kappa shape index (κ1) is 17.6. The summed E-state index contributed by atoms with van der Waals surface area (Å²) in [7, 11) is -3.85. The molecule has 0 aliphatic carbocycles. The molecule has 0 spiro atoms. The van der Waals surface area contributed by atoms with Crippen LogP contribution < -0.4 is 9.46 Å². The summed E-state index contributed by atoms with van der Waals surface area (Å²) < 4.78 is 33.4. The molecule has 0 radical (unpaired) electrons. The minimum Gasteiger partial charge on any atom is -0.492 e. The van der Waals surface area contributed by atoms with E-state index >= 15 is 0 Å². The molecule has 0 aliphatic heterocycles. The van der Waals surface area contributed by atoms with Gasteiger partial charge in [-0.25, -0.2) is 13.4 Å². The molecule has 124 valence electrons. The fourth-order valence-corrected chi connectivity index (χ4v) is 3.35. The molecule has 0 unspecified atom stereocenters. The predicted octanol–water partition coefficient (Wildman–Crippen LogP) is 3.94. The quantitative estimate of drug-likeness (QED) is 0.853. The summed E-state index contributed by atoms with van der Waals surface area (Å²) in [6.07, 6.45) is 0.772. The molecule has 0 fully saturated rings. The molecule has 0 saturated heterocycles. The van der Waals surface area contributed by atoms with Crippen LogP contribution in [0.25, 0.3) is 0 Å². The number of nitrogens with one attached hydrogen (secondary N) is 1. The van der Waals surface area contributed by atoms with Gasteiger partial charge in [-0.1, -0.05) is 24.6 Å². The minimum atomic E-state index is -3.85. The second kappa shape index (κ2) is 7.19. The molecule has 1 aromatic heterocycles. The summed E-state index contributed by atoms with van der Waals surface area (Å²) in [5.41, 5.74) is 1.47. The molecular formula is C16H19ClN2O3S. The van der Waals surface area contributed by atoms with E-state index in [1.54, 1.807) is 38.1 Å². The summed E-state index contributed by atoms with van der Waals surface area (Å²) in [6.45, 7) is 5.96. The van der Waals surface area contributed by atoms with Crippen molar-refractivity contribution in [3.05, 3.63) is 46.6 Å². The zero-order chi connectivity index (χ0) is 17.0. The number of halogens is 1. The summed E-state index contributed by atoms with van der Waals surface area (Å²) in [5.74, 6) is 0.539. The highest BCUT2D eigenvalue weighted by Crippen LogP contribution is 2.31. The highest BCUT2D eigenvalue weighted by molar-refractivity contribution is 7.92. The van der Waals surface area contributed by atoms with Crippen LogP contribution in [0.15, 0.2) is 35.2 Å². The van der Waals surface area contributed by atoms with Gasteiger partial charge in [0.15, 0.2) is 0 Å². The lowest BCUT2D eigenvalue weighted by Crippen LogP contribution is -2.16. The zero-order valence-corrected chi connectivity index (χ0v) is 14.8. The Hall–Kier alpha value is -1.79. The second-order valence-electron chi connectivity index (χ2n) is 5.17. The number of benzene rings is 1. The van der Waals surface area contributed by atoms with Gasteiger partial charge in [0.1, 0.15) is 16.5 Å². The van der Waals surface area contributed by atoms with Crippen molar-refractivity contribution in [2.45, 2.75) is 32.1 Å². The van der Waals surface area contributed by atoms with E-state index in [0.717, 1.165) is 17.7 Å². The average Bonchev–Trinajstić information content (AvgIpc) is 2.47. The Kier molecular flexibility index (Phi) is 5.49. The van der Waals surface area contributed by atoms with Crippen LogP contribution in [0.5, 0.6) is 5.75 Å². The van der Waals surface area contributed by atoms with Gasteiger partial charge in [-0.2, -0.15) is 0 Å². The van der Waals surface area contributed by atoms with E-state index in [-0.39, 0.29) is 16.5 Å². The van der Waals surface area contributed by atoms with Crippen molar-refractivity contribution in [2.75, 3.05) is 11.3 Å². The van der Waals surface area contributed by atoms with Gasteiger partial charge in [-0.05, 0) is 50.1 Å². The van der Waals surface area contributed by atoms with Crippen LogP contribution in [0.3, 0.4) is 0 Å². The van der Waals surface area contributed by atoms with Crippen molar-refractivity contribution in [2.24, 2.45) is 0 Å². The van der Waals surface area contributed by atoms with Gasteiger partial charge >= 0.3 is 0 Å². The van der Waals surface area contributed by atoms with Crippen LogP contribution in [0, 0.1) is 13.8 Å². The third-order valence-corrected chi connectivity index (χ3v) is 4.89. The highest BCUT2D eigenvalue weighted by atomic mass is 35.5. The van der Waals surface area contributed by atoms with Gasteiger partial charge in [-0.15, -0.1) is 0 Å². The Labute approximate surface area is 141 Å². The molecular weight excluding hydrogens is 336 g/mol. The maximum atomic E-state index is 12.7. The van der Waals surface area contributed by atoms with E-state index in [0.29, 0.717) is 11.6 Å². The van der Waals surface area contributed by atoms with E-state index in [2.05, 4.69) is 9.71 Å². The smallest absolute Gasteiger partial charge is 0.266 e. The van der Waals surface area contributed by atoms with Crippen molar-refractivity contribution in [3.63, 3.8) is 0 Å². The summed E-state index contributed by atoms with van der Waals surface area (Å²) in [4.78, 5) is 4.16. The maximum absolute atomic E-state index is 12.7. The van der Waals surface area contributed by atoms with Gasteiger partial charge < -0.3 is 4.74 Å². The Morgan fingerprint density at radius 1 is 1.26 bits per heavy atom. The van der Waals surface area contributed by atoms with Crippen molar-refractivity contribution in [1.29, 1.82) is 0 Å². The second-order valence-corrected chi connectivity index (χ2v) is 7.22. The number of hydrogen-bond acceptors (Lipinski definition) is 4. The summed E-state index contributed by atoms with van der Waals surface area (Å²) >= 11 is 6.09. The minimum absolute atomic E-state index is 0.00450. The Morgan fingerprint density at radius 2 is 2.00 bits per heavy atom. The third kappa shape index (κ3) is 4.36. The van der Waals surface area contributed by atoms with Gasteiger partial charge in [0.05, 0.1) is 6.61 Å². The molecule has 23 heavy (non-hydrogen) atoms. The number of aromatic nitrogens is 1. The molecule has 1 N–H and O–H groups in total. The summed E-state index contributed by atoms with van der Waals surface area (Å²) in [6, 6.07) is 8.15. The molecule has 0 aliphatic rings. The number of ether oxygens (including phenoxy) is 1. The van der Waals surface area contributed by atoms with Gasteiger partial charge in [0.25, 0.3) is 10.0 Å². The number of nitrogens with zero attached hydrogens (tertiary/aromatic N) is 1. The van der Waals surface area contributed by atoms with Crippen molar-refractivity contribution < 1.29 is 13.2 Å². The number of sulfonamides is 1. The van der Waals surface area contributed by atoms with E-state index < -0.39 is 10.0 Å². The van der Waals surface area contributed by atoms with Crippen LogP contribution in [-0.4, -0.2) is 20.0 Å². The van der Waals surface area contributed by atoms with Crippen LogP contribution >= 0.6 is 11.6 Å². The maximum Gasteiger partial charge on any atom is 0.266 e. The number of anilines is 1. The van der Waals surface area contributed by atoms with Crippen LogP contribution in [-0.2, 0) is 10.0 Å². The number of aryl methyl sites for hydroxylation is 2. The monoisotopic (exact) mass is 354 g/mol. The zero-order valence-electron chi connectivity index (χ0n) is 13.3. The first-order valence-corrected chi connectivity index (χ1v) is 9.09. The first-order valence-electron chi connectivity index (χ1n) is 7.23. The molecule has 1 aromatic carbocycles. The Balaban J connectivity index is 2.43. The van der Waals surface area contributed by atoms with E-state index in [1.165, 1.54) is 6.07 Å². The lowest BCUT2D eigenvalue weighted by atomic mass is 10.2. The number of hydrogen-bond donors (Lipinski definition) is 1. The fourth-order valence-electron chi connectivity index (χ4n) is 1.96. The predicted molar refractivity (Wildman–Crippen MR) is 91.8 cm³/mol. The van der Waals surface area contributed by atoms with Crippen molar-refractivity contribution in [3.8, 4) is 5.75 Å². The highest BCUT2D eigenvalue weighted by Gasteiger charge is 2.22. The molecule has 7 heteroatoms. The molecule has 0 saturated carbocycles. The van der Waals surface area contributed by atoms with Gasteiger partial charge in [0, 0.05) is 10.7 Å². The lowest BCUT2D eigenvalue weighted by Gasteiger charge is -2.14. The largest absolute Gasteiger partial charge is 0.492 e. The summed E-state index contributed by atoms with van der Waals surface area (Å²) in [5, 5.41) is 0.367. The third-order valence-electron chi connectivity index (χ3n) is 3.10. The fraction of sp³-hybridized carbons (Fsp3) is 0.312. The molecule has 0 bridgehead atoms. The molecule has 0 atom stereocenters. The van der Waals surface area contributed by atoms with E-state index in [4.69, 9.17) is 16.3 Å². The first-order chi connectivity index (χ1) is 10.8. The molecule has 5 nitrogen and oxygen atoms in total. The van der Waals surface area contributed by atoms with Crippen LogP contribution in [0.2, 0.25) is 5.02 Å².